The first kappa shape index (κ1) is 20.8. The fourth-order valence-corrected chi connectivity index (χ4v) is 4.17. The SMILES string of the molecule is O=CN1CC(c2ccccc2)N(Cc2ccc(C(=O)O)cc2)C(c2ccc(F)cc2)C1. The van der Waals surface area contributed by atoms with Crippen molar-refractivity contribution in [1.82, 2.24) is 9.80 Å². The van der Waals surface area contributed by atoms with E-state index in [2.05, 4.69) is 4.90 Å². The zero-order valence-electron chi connectivity index (χ0n) is 16.9. The number of hydrogen-bond acceptors (Lipinski definition) is 3. The predicted octanol–water partition coefficient (Wildman–Crippen LogP) is 4.28. The minimum Gasteiger partial charge on any atom is -0.478 e. The first-order chi connectivity index (χ1) is 15.0. The molecule has 31 heavy (non-hydrogen) atoms. The van der Waals surface area contributed by atoms with Crippen molar-refractivity contribution in [3.63, 3.8) is 0 Å². The van der Waals surface area contributed by atoms with Crippen LogP contribution in [0.2, 0.25) is 0 Å². The highest BCUT2D eigenvalue weighted by Crippen LogP contribution is 2.37. The van der Waals surface area contributed by atoms with Crippen LogP contribution in [0.25, 0.3) is 0 Å². The third-order valence-electron chi connectivity index (χ3n) is 5.77. The Balaban J connectivity index is 1.73. The van der Waals surface area contributed by atoms with Crippen molar-refractivity contribution in [2.45, 2.75) is 18.6 Å². The zero-order valence-corrected chi connectivity index (χ0v) is 16.9. The van der Waals surface area contributed by atoms with Gasteiger partial charge in [-0.3, -0.25) is 9.69 Å². The van der Waals surface area contributed by atoms with Gasteiger partial charge in [0.25, 0.3) is 0 Å². The Bertz CT molecular complexity index is 1040. The monoisotopic (exact) mass is 418 g/mol. The molecule has 0 aromatic heterocycles. The van der Waals surface area contributed by atoms with E-state index in [1.54, 1.807) is 29.2 Å². The second-order valence-electron chi connectivity index (χ2n) is 7.73. The van der Waals surface area contributed by atoms with Crippen molar-refractivity contribution in [2.24, 2.45) is 0 Å². The summed E-state index contributed by atoms with van der Waals surface area (Å²) in [6.07, 6.45) is 0.867. The summed E-state index contributed by atoms with van der Waals surface area (Å²) in [5.41, 5.74) is 3.22. The molecule has 2 unspecified atom stereocenters. The fourth-order valence-electron chi connectivity index (χ4n) is 4.17. The molecule has 3 aromatic rings. The molecule has 0 spiro atoms. The van der Waals surface area contributed by atoms with Gasteiger partial charge < -0.3 is 10.0 Å². The Morgan fingerprint density at radius 2 is 1.48 bits per heavy atom. The Morgan fingerprint density at radius 3 is 2.03 bits per heavy atom. The summed E-state index contributed by atoms with van der Waals surface area (Å²) in [4.78, 5) is 27.0. The minimum atomic E-state index is -0.961. The van der Waals surface area contributed by atoms with Crippen LogP contribution < -0.4 is 0 Å². The molecule has 0 aliphatic carbocycles. The predicted molar refractivity (Wildman–Crippen MR) is 115 cm³/mol. The van der Waals surface area contributed by atoms with Crippen LogP contribution in [0.1, 0.15) is 39.1 Å². The number of halogens is 1. The van der Waals surface area contributed by atoms with Crippen LogP contribution in [0.3, 0.4) is 0 Å². The van der Waals surface area contributed by atoms with Gasteiger partial charge in [0, 0.05) is 19.6 Å². The third kappa shape index (κ3) is 4.64. The summed E-state index contributed by atoms with van der Waals surface area (Å²) < 4.78 is 13.6. The molecule has 158 valence electrons. The van der Waals surface area contributed by atoms with Crippen molar-refractivity contribution < 1.29 is 19.1 Å². The smallest absolute Gasteiger partial charge is 0.335 e. The van der Waals surface area contributed by atoms with Gasteiger partial charge in [0.1, 0.15) is 5.82 Å². The summed E-state index contributed by atoms with van der Waals surface area (Å²) in [5, 5.41) is 9.18. The Labute approximate surface area is 180 Å². The summed E-state index contributed by atoms with van der Waals surface area (Å²) >= 11 is 0. The molecule has 1 aliphatic heterocycles. The summed E-state index contributed by atoms with van der Waals surface area (Å²) in [6.45, 7) is 1.60. The van der Waals surface area contributed by atoms with E-state index in [1.165, 1.54) is 12.1 Å². The number of carbonyl (C=O) groups excluding carboxylic acids is 1. The summed E-state index contributed by atoms with van der Waals surface area (Å²) in [7, 11) is 0. The molecule has 1 aliphatic rings. The lowest BCUT2D eigenvalue weighted by atomic mass is 9.94. The van der Waals surface area contributed by atoms with Gasteiger partial charge in [-0.2, -0.15) is 0 Å². The lowest BCUT2D eigenvalue weighted by molar-refractivity contribution is -0.123. The first-order valence-corrected chi connectivity index (χ1v) is 10.1. The number of carboxylic acid groups (broad SMARTS) is 1. The van der Waals surface area contributed by atoms with E-state index in [0.29, 0.717) is 19.6 Å². The second kappa shape index (κ2) is 9.10. The average molecular weight is 418 g/mol. The van der Waals surface area contributed by atoms with E-state index >= 15 is 0 Å². The molecule has 0 saturated carbocycles. The van der Waals surface area contributed by atoms with Crippen LogP contribution >= 0.6 is 0 Å². The van der Waals surface area contributed by atoms with E-state index in [4.69, 9.17) is 0 Å². The molecule has 5 nitrogen and oxygen atoms in total. The van der Waals surface area contributed by atoms with E-state index in [9.17, 15) is 19.1 Å². The molecule has 2 atom stereocenters. The average Bonchev–Trinajstić information content (AvgIpc) is 2.80. The quantitative estimate of drug-likeness (QED) is 0.607. The Morgan fingerprint density at radius 1 is 0.903 bits per heavy atom. The van der Waals surface area contributed by atoms with Crippen LogP contribution in [0.5, 0.6) is 0 Å². The molecule has 6 heteroatoms. The molecule has 1 amide bonds. The van der Waals surface area contributed by atoms with Crippen LogP contribution in [0.4, 0.5) is 4.39 Å². The Hall–Kier alpha value is -3.51. The number of hydrogen-bond donors (Lipinski definition) is 1. The minimum absolute atomic E-state index is 0.0608. The van der Waals surface area contributed by atoms with Crippen molar-refractivity contribution in [3.8, 4) is 0 Å². The van der Waals surface area contributed by atoms with Crippen LogP contribution in [0.15, 0.2) is 78.9 Å². The molecule has 1 fully saturated rings. The molecule has 3 aromatic carbocycles. The topological polar surface area (TPSA) is 60.9 Å². The number of carbonyl (C=O) groups is 2. The standard InChI is InChI=1S/C25H23FN2O3/c26-22-12-10-20(11-13-22)24-16-27(17-29)15-23(19-4-2-1-3-5-19)28(24)14-18-6-8-21(9-7-18)25(30)31/h1-13,17,23-24H,14-16H2,(H,30,31). The molecular formula is C25H23FN2O3. The molecule has 0 radical (unpaired) electrons. The van der Waals surface area contributed by atoms with Crippen molar-refractivity contribution in [2.75, 3.05) is 13.1 Å². The molecule has 0 bridgehead atoms. The van der Waals surface area contributed by atoms with Gasteiger partial charge in [0.2, 0.25) is 6.41 Å². The lowest BCUT2D eigenvalue weighted by Crippen LogP contribution is -2.49. The maximum absolute atomic E-state index is 13.6. The number of nitrogens with zero attached hydrogens (tertiary/aromatic N) is 2. The summed E-state index contributed by atoms with van der Waals surface area (Å²) in [6, 6.07) is 23.0. The number of amides is 1. The largest absolute Gasteiger partial charge is 0.478 e. The Kier molecular flexibility index (Phi) is 6.09. The fraction of sp³-hybridized carbons (Fsp3) is 0.200. The molecule has 4 rings (SSSR count). The highest BCUT2D eigenvalue weighted by atomic mass is 19.1. The number of aromatic carboxylic acids is 1. The van der Waals surface area contributed by atoms with E-state index in [1.807, 2.05) is 42.5 Å². The maximum Gasteiger partial charge on any atom is 0.335 e. The highest BCUT2D eigenvalue weighted by Gasteiger charge is 2.35. The number of rotatable bonds is 6. The van der Waals surface area contributed by atoms with Crippen LogP contribution in [0, 0.1) is 5.82 Å². The number of benzene rings is 3. The van der Waals surface area contributed by atoms with Crippen molar-refractivity contribution in [3.05, 3.63) is 107 Å². The van der Waals surface area contributed by atoms with Gasteiger partial charge in [0.15, 0.2) is 0 Å². The van der Waals surface area contributed by atoms with E-state index < -0.39 is 5.97 Å². The summed E-state index contributed by atoms with van der Waals surface area (Å²) in [5.74, 6) is -1.26. The third-order valence-corrected chi connectivity index (χ3v) is 5.77. The molecule has 1 N–H and O–H groups in total. The van der Waals surface area contributed by atoms with Crippen molar-refractivity contribution in [1.29, 1.82) is 0 Å². The van der Waals surface area contributed by atoms with Gasteiger partial charge in [-0.25, -0.2) is 9.18 Å². The lowest BCUT2D eigenvalue weighted by Gasteiger charge is -2.46. The van der Waals surface area contributed by atoms with Gasteiger partial charge in [0.05, 0.1) is 17.6 Å². The van der Waals surface area contributed by atoms with Crippen LogP contribution in [-0.2, 0) is 11.3 Å². The first-order valence-electron chi connectivity index (χ1n) is 10.1. The highest BCUT2D eigenvalue weighted by molar-refractivity contribution is 5.87. The van der Waals surface area contributed by atoms with Gasteiger partial charge in [-0.05, 0) is 41.0 Å². The van der Waals surface area contributed by atoms with E-state index in [-0.39, 0.29) is 23.5 Å². The van der Waals surface area contributed by atoms with Gasteiger partial charge in [-0.1, -0.05) is 54.6 Å². The van der Waals surface area contributed by atoms with Gasteiger partial charge in [-0.15, -0.1) is 0 Å². The molecular weight excluding hydrogens is 395 g/mol. The number of piperazine rings is 1. The van der Waals surface area contributed by atoms with Gasteiger partial charge >= 0.3 is 5.97 Å². The van der Waals surface area contributed by atoms with E-state index in [0.717, 1.165) is 23.1 Å². The molecule has 1 saturated heterocycles. The second-order valence-corrected chi connectivity index (χ2v) is 7.73. The maximum atomic E-state index is 13.6. The zero-order chi connectivity index (χ0) is 21.8. The van der Waals surface area contributed by atoms with Crippen molar-refractivity contribution >= 4 is 12.4 Å². The van der Waals surface area contributed by atoms with Crippen LogP contribution in [-0.4, -0.2) is 40.4 Å². The normalized spacial score (nSPS) is 19.2. The molecule has 1 heterocycles. The number of carboxylic acids is 1.